The van der Waals surface area contributed by atoms with Crippen LogP contribution in [-0.2, 0) is 4.79 Å². The van der Waals surface area contributed by atoms with E-state index in [4.69, 9.17) is 0 Å². The number of carbonyl (C=O) groups excluding carboxylic acids is 2. The van der Waals surface area contributed by atoms with Gasteiger partial charge in [0.1, 0.15) is 0 Å². The lowest BCUT2D eigenvalue weighted by Crippen LogP contribution is -2.32. The van der Waals surface area contributed by atoms with E-state index >= 15 is 0 Å². The van der Waals surface area contributed by atoms with Crippen LogP contribution in [-0.4, -0.2) is 30.7 Å². The van der Waals surface area contributed by atoms with Crippen molar-refractivity contribution in [1.82, 2.24) is 10.6 Å². The summed E-state index contributed by atoms with van der Waals surface area (Å²) in [7, 11) is 0. The molecule has 2 aromatic rings. The summed E-state index contributed by atoms with van der Waals surface area (Å²) in [4.78, 5) is 25.5. The summed E-state index contributed by atoms with van der Waals surface area (Å²) in [5, 5.41) is 5.84. The van der Waals surface area contributed by atoms with E-state index in [1.807, 2.05) is 30.3 Å². The van der Waals surface area contributed by atoms with E-state index in [1.54, 1.807) is 23.9 Å². The van der Waals surface area contributed by atoms with Crippen molar-refractivity contribution in [3.63, 3.8) is 0 Å². The van der Waals surface area contributed by atoms with Gasteiger partial charge in [-0.3, -0.25) is 9.59 Å². The topological polar surface area (TPSA) is 58.2 Å². The number of carbonyl (C=O) groups is 2. The third kappa shape index (κ3) is 4.64. The molecule has 0 bridgehead atoms. The van der Waals surface area contributed by atoms with Crippen molar-refractivity contribution in [2.75, 3.05) is 18.8 Å². The van der Waals surface area contributed by atoms with Gasteiger partial charge in [-0.1, -0.05) is 34.1 Å². The third-order valence-corrected chi connectivity index (χ3v) is 5.77. The quantitative estimate of drug-likeness (QED) is 0.704. The molecule has 0 aromatic heterocycles. The zero-order valence-corrected chi connectivity index (χ0v) is 16.0. The first-order valence-corrected chi connectivity index (χ1v) is 9.96. The number of hydrogen-bond acceptors (Lipinski definition) is 3. The van der Waals surface area contributed by atoms with Gasteiger partial charge in [0.05, 0.1) is 5.92 Å². The van der Waals surface area contributed by atoms with Crippen LogP contribution in [0.1, 0.15) is 28.3 Å². The Bertz CT molecular complexity index is 764. The van der Waals surface area contributed by atoms with Crippen LogP contribution in [0, 0.1) is 0 Å². The van der Waals surface area contributed by atoms with Gasteiger partial charge in [0.25, 0.3) is 5.91 Å². The summed E-state index contributed by atoms with van der Waals surface area (Å²) >= 11 is 5.08. The normalized spacial score (nSPS) is 15.5. The molecule has 0 saturated heterocycles. The SMILES string of the molecule is O=C(NCCCNC(=O)C1CSc2ccccc21)c1ccc(Br)cc1. The van der Waals surface area contributed by atoms with E-state index in [0.29, 0.717) is 25.1 Å². The molecule has 1 aliphatic heterocycles. The average Bonchev–Trinajstić information content (AvgIpc) is 3.06. The minimum atomic E-state index is -0.0973. The molecule has 0 radical (unpaired) electrons. The second kappa shape index (κ2) is 8.54. The lowest BCUT2D eigenvalue weighted by molar-refractivity contribution is -0.122. The fourth-order valence-corrected chi connectivity index (χ4v) is 4.20. The minimum Gasteiger partial charge on any atom is -0.355 e. The number of amides is 2. The van der Waals surface area contributed by atoms with Crippen LogP contribution in [0.25, 0.3) is 0 Å². The zero-order chi connectivity index (χ0) is 17.6. The van der Waals surface area contributed by atoms with E-state index in [2.05, 4.69) is 32.6 Å². The third-order valence-electron chi connectivity index (χ3n) is 4.06. The van der Waals surface area contributed by atoms with E-state index in [9.17, 15) is 9.59 Å². The highest BCUT2D eigenvalue weighted by Gasteiger charge is 2.28. The van der Waals surface area contributed by atoms with E-state index in [1.165, 1.54) is 4.90 Å². The van der Waals surface area contributed by atoms with Gasteiger partial charge in [0.15, 0.2) is 0 Å². The monoisotopic (exact) mass is 418 g/mol. The van der Waals surface area contributed by atoms with E-state index < -0.39 is 0 Å². The lowest BCUT2D eigenvalue weighted by atomic mass is 10.0. The van der Waals surface area contributed by atoms with Gasteiger partial charge in [-0.15, -0.1) is 11.8 Å². The summed E-state index contributed by atoms with van der Waals surface area (Å²) in [6.45, 7) is 1.09. The number of hydrogen-bond donors (Lipinski definition) is 2. The molecule has 2 N–H and O–H groups in total. The van der Waals surface area contributed by atoms with Crippen LogP contribution in [0.4, 0.5) is 0 Å². The average molecular weight is 419 g/mol. The molecular formula is C19H19BrN2O2S. The molecule has 25 heavy (non-hydrogen) atoms. The van der Waals surface area contributed by atoms with Crippen LogP contribution in [0.5, 0.6) is 0 Å². The van der Waals surface area contributed by atoms with Crippen molar-refractivity contribution in [3.05, 3.63) is 64.1 Å². The molecule has 1 unspecified atom stereocenters. The number of benzene rings is 2. The van der Waals surface area contributed by atoms with Gasteiger partial charge in [0, 0.05) is 33.8 Å². The smallest absolute Gasteiger partial charge is 0.251 e. The van der Waals surface area contributed by atoms with Crippen LogP contribution >= 0.6 is 27.7 Å². The summed E-state index contributed by atoms with van der Waals surface area (Å²) < 4.78 is 0.943. The Morgan fingerprint density at radius 1 is 1.04 bits per heavy atom. The zero-order valence-electron chi connectivity index (χ0n) is 13.6. The van der Waals surface area contributed by atoms with Crippen molar-refractivity contribution in [2.45, 2.75) is 17.2 Å². The van der Waals surface area contributed by atoms with Gasteiger partial charge >= 0.3 is 0 Å². The van der Waals surface area contributed by atoms with E-state index in [0.717, 1.165) is 15.8 Å². The molecule has 1 atom stereocenters. The summed E-state index contributed by atoms with van der Waals surface area (Å²) in [5.41, 5.74) is 1.75. The summed E-state index contributed by atoms with van der Waals surface area (Å²) in [6, 6.07) is 15.3. The van der Waals surface area contributed by atoms with Gasteiger partial charge in [-0.25, -0.2) is 0 Å². The fourth-order valence-electron chi connectivity index (χ4n) is 2.71. The Labute approximate surface area is 159 Å². The summed E-state index contributed by atoms with van der Waals surface area (Å²) in [5.74, 6) is 0.695. The van der Waals surface area contributed by atoms with Crippen molar-refractivity contribution in [3.8, 4) is 0 Å². The van der Waals surface area contributed by atoms with Crippen molar-refractivity contribution in [1.29, 1.82) is 0 Å². The Morgan fingerprint density at radius 3 is 2.56 bits per heavy atom. The Hall–Kier alpha value is -1.79. The molecule has 0 spiro atoms. The first kappa shape index (κ1) is 18.0. The number of nitrogens with one attached hydrogen (secondary N) is 2. The Morgan fingerprint density at radius 2 is 1.76 bits per heavy atom. The predicted octanol–water partition coefficient (Wildman–Crippen LogP) is 3.57. The lowest BCUT2D eigenvalue weighted by Gasteiger charge is -2.12. The maximum atomic E-state index is 12.3. The standard InChI is InChI=1S/C19H19BrN2O2S/c20-14-8-6-13(7-9-14)18(23)21-10-3-11-22-19(24)16-12-25-17-5-2-1-4-15(16)17/h1-2,4-9,16H,3,10-12H2,(H,21,23)(H,22,24). The van der Waals surface area contributed by atoms with Gasteiger partial charge in [-0.05, 0) is 42.3 Å². The second-order valence-electron chi connectivity index (χ2n) is 5.81. The van der Waals surface area contributed by atoms with E-state index in [-0.39, 0.29) is 17.7 Å². The van der Waals surface area contributed by atoms with Gasteiger partial charge in [-0.2, -0.15) is 0 Å². The first-order chi connectivity index (χ1) is 12.1. The molecular weight excluding hydrogens is 400 g/mol. The van der Waals surface area contributed by atoms with Gasteiger partial charge < -0.3 is 10.6 Å². The van der Waals surface area contributed by atoms with Crippen LogP contribution in [0.15, 0.2) is 57.9 Å². The minimum absolute atomic E-state index is 0.0664. The number of halogens is 1. The number of thioether (sulfide) groups is 1. The van der Waals surface area contributed by atoms with Gasteiger partial charge in [0.2, 0.25) is 5.91 Å². The molecule has 1 heterocycles. The Kier molecular flexibility index (Phi) is 6.15. The van der Waals surface area contributed by atoms with Crippen LogP contribution < -0.4 is 10.6 Å². The largest absolute Gasteiger partial charge is 0.355 e. The molecule has 1 aliphatic rings. The highest BCUT2D eigenvalue weighted by atomic mass is 79.9. The van der Waals surface area contributed by atoms with Crippen molar-refractivity contribution < 1.29 is 9.59 Å². The Balaban J connectivity index is 1.38. The highest BCUT2D eigenvalue weighted by Crippen LogP contribution is 2.39. The number of fused-ring (bicyclic) bond motifs is 1. The molecule has 3 rings (SSSR count). The molecule has 2 aromatic carbocycles. The maximum absolute atomic E-state index is 12.3. The van der Waals surface area contributed by atoms with Crippen molar-refractivity contribution >= 4 is 39.5 Å². The number of rotatable bonds is 6. The molecule has 2 amide bonds. The molecule has 0 fully saturated rings. The van der Waals surface area contributed by atoms with Crippen LogP contribution in [0.2, 0.25) is 0 Å². The maximum Gasteiger partial charge on any atom is 0.251 e. The molecule has 130 valence electrons. The van der Waals surface area contributed by atoms with Crippen LogP contribution in [0.3, 0.4) is 0 Å². The summed E-state index contributed by atoms with van der Waals surface area (Å²) in [6.07, 6.45) is 0.704. The predicted molar refractivity (Wildman–Crippen MR) is 104 cm³/mol. The molecule has 0 aliphatic carbocycles. The van der Waals surface area contributed by atoms with Crippen molar-refractivity contribution in [2.24, 2.45) is 0 Å². The molecule has 0 saturated carbocycles. The fraction of sp³-hybridized carbons (Fsp3) is 0.263. The first-order valence-electron chi connectivity index (χ1n) is 8.18. The molecule has 4 nitrogen and oxygen atoms in total. The highest BCUT2D eigenvalue weighted by molar-refractivity contribution is 9.10. The molecule has 6 heteroatoms. The second-order valence-corrected chi connectivity index (χ2v) is 7.79.